The molecule has 8 heteroatoms. The number of hydrogen-bond donors (Lipinski definition) is 1. The topological polar surface area (TPSA) is 81.5 Å². The van der Waals surface area contributed by atoms with E-state index in [1.54, 1.807) is 18.3 Å². The normalized spacial score (nSPS) is 17.4. The van der Waals surface area contributed by atoms with E-state index in [-0.39, 0.29) is 18.2 Å². The molecular weight excluding hydrogens is 550 g/mol. The monoisotopic (exact) mass is 589 g/mol. The van der Waals surface area contributed by atoms with Crippen LogP contribution in [0.5, 0.6) is 0 Å². The van der Waals surface area contributed by atoms with Gasteiger partial charge < -0.3 is 24.3 Å². The Hall–Kier alpha value is -4.69. The van der Waals surface area contributed by atoms with E-state index < -0.39 is 11.1 Å². The number of fused-ring (bicyclic) bond motifs is 1. The molecule has 0 spiro atoms. The van der Waals surface area contributed by atoms with E-state index in [0.717, 1.165) is 34.1 Å². The standard InChI is InChI=1S/C36H39N5O3/c1-35(2,3)44-34(42)40-23-29(22-30(24-40)43-4)39-32-31-20-21-41(33(31)38-25-37-32)36(26-14-8-5-9-15-26,27-16-10-6-11-17-27)28-18-12-7-13-19-28/h5-21,25,29-30H,22-24H2,1-4H3,(H,37,38,39)/t29-,30-/m1/s1. The second kappa shape index (κ2) is 12.1. The van der Waals surface area contributed by atoms with E-state index >= 15 is 0 Å². The van der Waals surface area contributed by atoms with Gasteiger partial charge in [0.2, 0.25) is 0 Å². The van der Waals surface area contributed by atoms with Crippen LogP contribution in [-0.4, -0.2) is 63.5 Å². The molecule has 44 heavy (non-hydrogen) atoms. The molecule has 6 rings (SSSR count). The van der Waals surface area contributed by atoms with Crippen molar-refractivity contribution in [2.75, 3.05) is 25.5 Å². The quantitative estimate of drug-likeness (QED) is 0.213. The van der Waals surface area contributed by atoms with Crippen LogP contribution in [0.4, 0.5) is 10.6 Å². The van der Waals surface area contributed by atoms with Crippen molar-refractivity contribution in [1.82, 2.24) is 19.4 Å². The van der Waals surface area contributed by atoms with E-state index in [2.05, 4.69) is 99.9 Å². The highest BCUT2D eigenvalue weighted by molar-refractivity contribution is 5.88. The molecule has 5 aromatic rings. The Morgan fingerprint density at radius 1 is 0.818 bits per heavy atom. The first-order chi connectivity index (χ1) is 21.3. The Labute approximate surface area is 258 Å². The molecule has 0 radical (unpaired) electrons. The van der Waals surface area contributed by atoms with Gasteiger partial charge in [0, 0.05) is 25.9 Å². The van der Waals surface area contributed by atoms with Gasteiger partial charge in [-0.15, -0.1) is 0 Å². The zero-order valence-electron chi connectivity index (χ0n) is 25.7. The Bertz CT molecular complexity index is 1600. The van der Waals surface area contributed by atoms with Crippen molar-refractivity contribution < 1.29 is 14.3 Å². The minimum absolute atomic E-state index is 0.0928. The molecule has 3 aromatic carbocycles. The first-order valence-electron chi connectivity index (χ1n) is 15.1. The summed E-state index contributed by atoms with van der Waals surface area (Å²) in [4.78, 5) is 24.3. The van der Waals surface area contributed by atoms with Crippen molar-refractivity contribution in [2.45, 2.75) is 50.5 Å². The van der Waals surface area contributed by atoms with Gasteiger partial charge in [-0.05, 0) is 49.9 Å². The van der Waals surface area contributed by atoms with Crippen molar-refractivity contribution in [3.05, 3.63) is 126 Å². The molecule has 1 aliphatic rings. The van der Waals surface area contributed by atoms with Crippen molar-refractivity contribution >= 4 is 22.9 Å². The summed E-state index contributed by atoms with van der Waals surface area (Å²) in [5.74, 6) is 0.711. The predicted molar refractivity (Wildman–Crippen MR) is 173 cm³/mol. The average Bonchev–Trinajstić information content (AvgIpc) is 3.47. The predicted octanol–water partition coefficient (Wildman–Crippen LogP) is 6.71. The number of methoxy groups -OCH3 is 1. The van der Waals surface area contributed by atoms with Crippen LogP contribution in [0.1, 0.15) is 43.9 Å². The molecule has 2 atom stereocenters. The Balaban J connectivity index is 1.44. The SMILES string of the molecule is CO[C@@H]1C[C@@H](Nc2ncnc3c2ccn3C(c2ccccc2)(c2ccccc2)c2ccccc2)CN(C(=O)OC(C)(C)C)C1. The first kappa shape index (κ1) is 29.4. The summed E-state index contributed by atoms with van der Waals surface area (Å²) in [7, 11) is 1.68. The number of piperidine rings is 1. The first-order valence-corrected chi connectivity index (χ1v) is 15.1. The summed E-state index contributed by atoms with van der Waals surface area (Å²) in [6.45, 7) is 6.58. The number of nitrogens with one attached hydrogen (secondary N) is 1. The molecule has 1 fully saturated rings. The zero-order valence-corrected chi connectivity index (χ0v) is 25.7. The van der Waals surface area contributed by atoms with Crippen LogP contribution in [-0.2, 0) is 15.0 Å². The fourth-order valence-corrected chi connectivity index (χ4v) is 6.29. The van der Waals surface area contributed by atoms with E-state index in [0.29, 0.717) is 18.9 Å². The van der Waals surface area contributed by atoms with Gasteiger partial charge in [-0.3, -0.25) is 0 Å². The number of aromatic nitrogens is 3. The molecule has 2 aromatic heterocycles. The number of likely N-dealkylation sites (tertiary alicyclic amines) is 1. The molecular formula is C36H39N5O3. The summed E-state index contributed by atoms with van der Waals surface area (Å²) < 4.78 is 13.7. The summed E-state index contributed by atoms with van der Waals surface area (Å²) >= 11 is 0. The molecule has 3 heterocycles. The summed E-state index contributed by atoms with van der Waals surface area (Å²) in [5, 5.41) is 4.52. The third-order valence-corrected chi connectivity index (χ3v) is 8.16. The number of carbonyl (C=O) groups is 1. The molecule has 0 aliphatic carbocycles. The summed E-state index contributed by atoms with van der Waals surface area (Å²) in [6, 6.07) is 33.6. The van der Waals surface area contributed by atoms with Crippen LogP contribution in [0, 0.1) is 0 Å². The fraction of sp³-hybridized carbons (Fsp3) is 0.306. The van der Waals surface area contributed by atoms with Gasteiger partial charge in [0.25, 0.3) is 0 Å². The van der Waals surface area contributed by atoms with Gasteiger partial charge in [0.15, 0.2) is 0 Å². The molecule has 226 valence electrons. The highest BCUT2D eigenvalue weighted by Crippen LogP contribution is 2.43. The van der Waals surface area contributed by atoms with Crippen LogP contribution in [0.25, 0.3) is 11.0 Å². The largest absolute Gasteiger partial charge is 0.444 e. The van der Waals surface area contributed by atoms with Crippen LogP contribution in [0.15, 0.2) is 110 Å². The smallest absolute Gasteiger partial charge is 0.410 e. The second-order valence-electron chi connectivity index (χ2n) is 12.3. The highest BCUT2D eigenvalue weighted by Gasteiger charge is 2.40. The highest BCUT2D eigenvalue weighted by atomic mass is 16.6. The lowest BCUT2D eigenvalue weighted by molar-refractivity contribution is -0.00875. The molecule has 1 saturated heterocycles. The minimum atomic E-state index is -0.698. The second-order valence-corrected chi connectivity index (χ2v) is 12.3. The Kier molecular flexibility index (Phi) is 8.10. The molecule has 0 bridgehead atoms. The van der Waals surface area contributed by atoms with Gasteiger partial charge >= 0.3 is 6.09 Å². The van der Waals surface area contributed by atoms with Gasteiger partial charge in [-0.25, -0.2) is 14.8 Å². The maximum Gasteiger partial charge on any atom is 0.410 e. The number of carbonyl (C=O) groups excluding carboxylic acids is 1. The number of nitrogens with zero attached hydrogens (tertiary/aromatic N) is 4. The molecule has 0 unspecified atom stereocenters. The van der Waals surface area contributed by atoms with Gasteiger partial charge in [0.1, 0.15) is 28.9 Å². The third-order valence-electron chi connectivity index (χ3n) is 8.16. The van der Waals surface area contributed by atoms with Crippen LogP contribution in [0.3, 0.4) is 0 Å². The zero-order chi connectivity index (χ0) is 30.7. The van der Waals surface area contributed by atoms with E-state index in [9.17, 15) is 4.79 Å². The molecule has 1 amide bonds. The maximum absolute atomic E-state index is 13.0. The minimum Gasteiger partial charge on any atom is -0.444 e. The Morgan fingerprint density at radius 3 is 1.91 bits per heavy atom. The number of rotatable bonds is 7. The number of benzene rings is 3. The van der Waals surface area contributed by atoms with Crippen molar-refractivity contribution in [3.8, 4) is 0 Å². The lowest BCUT2D eigenvalue weighted by atomic mass is 9.76. The van der Waals surface area contributed by atoms with Crippen molar-refractivity contribution in [3.63, 3.8) is 0 Å². The average molecular weight is 590 g/mol. The van der Waals surface area contributed by atoms with Crippen LogP contribution in [0.2, 0.25) is 0 Å². The van der Waals surface area contributed by atoms with E-state index in [1.165, 1.54) is 0 Å². The van der Waals surface area contributed by atoms with Gasteiger partial charge in [-0.2, -0.15) is 0 Å². The third kappa shape index (κ3) is 5.65. The molecule has 0 saturated carbocycles. The number of ether oxygens (including phenoxy) is 2. The molecule has 1 N–H and O–H groups in total. The van der Waals surface area contributed by atoms with Crippen LogP contribution < -0.4 is 5.32 Å². The summed E-state index contributed by atoms with van der Waals surface area (Å²) in [6.07, 6.45) is 3.96. The number of anilines is 1. The lowest BCUT2D eigenvalue weighted by Gasteiger charge is -2.38. The number of hydrogen-bond acceptors (Lipinski definition) is 6. The Morgan fingerprint density at radius 2 is 1.39 bits per heavy atom. The van der Waals surface area contributed by atoms with Gasteiger partial charge in [-0.1, -0.05) is 91.0 Å². The van der Waals surface area contributed by atoms with E-state index in [1.807, 2.05) is 39.0 Å². The fourth-order valence-electron chi connectivity index (χ4n) is 6.29. The van der Waals surface area contributed by atoms with Gasteiger partial charge in [0.05, 0.1) is 18.0 Å². The molecule has 8 nitrogen and oxygen atoms in total. The van der Waals surface area contributed by atoms with Crippen LogP contribution >= 0.6 is 0 Å². The lowest BCUT2D eigenvalue weighted by Crippen LogP contribution is -2.52. The van der Waals surface area contributed by atoms with Crippen molar-refractivity contribution in [2.24, 2.45) is 0 Å². The van der Waals surface area contributed by atoms with Crippen molar-refractivity contribution in [1.29, 1.82) is 0 Å². The maximum atomic E-state index is 13.0. The molecule has 1 aliphatic heterocycles. The summed E-state index contributed by atoms with van der Waals surface area (Å²) in [5.41, 5.74) is 2.87. The van der Waals surface area contributed by atoms with E-state index in [4.69, 9.17) is 14.5 Å². The number of amides is 1.